The highest BCUT2D eigenvalue weighted by Gasteiger charge is 2.53. The van der Waals surface area contributed by atoms with Crippen LogP contribution >= 0.6 is 0 Å². The van der Waals surface area contributed by atoms with Crippen LogP contribution in [0.5, 0.6) is 34.5 Å². The predicted octanol–water partition coefficient (Wildman–Crippen LogP) is 14.2. The summed E-state index contributed by atoms with van der Waals surface area (Å²) in [5.74, 6) is 3.50. The Morgan fingerprint density at radius 1 is 0.569 bits per heavy atom. The van der Waals surface area contributed by atoms with Crippen molar-refractivity contribution in [2.75, 3.05) is 33.0 Å². The standard InChI is InChI=1S/C57H62O8/c1-3-5-7-9-11-13-33-59-48-30-28-44-36-42(23-26-46(44)38-48)18-17-35-63-65-53-22-16-20-51-56(53)57(41-62-51)40-61-50-19-15-21-52(55(50)57)64-54(58)32-25-43-24-27-47-39-49(31-29-45(47)37-43)60-34-14-12-10-8-6-4-2/h15-32,36-39H,3-14,33-35,40-41H2,1-2H3/b18-17+,32-25?. The molecule has 1 atom stereocenters. The molecule has 8 rings (SSSR count). The lowest BCUT2D eigenvalue weighted by atomic mass is 9.77. The smallest absolute Gasteiger partial charge is 0.336 e. The summed E-state index contributed by atoms with van der Waals surface area (Å²) in [6.07, 6.45) is 22.0. The monoisotopic (exact) mass is 874 g/mol. The number of rotatable bonds is 24. The molecule has 8 heteroatoms. The van der Waals surface area contributed by atoms with Crippen molar-refractivity contribution < 1.29 is 38.3 Å². The normalized spacial score (nSPS) is 15.1. The van der Waals surface area contributed by atoms with Crippen molar-refractivity contribution in [3.63, 3.8) is 0 Å². The van der Waals surface area contributed by atoms with Crippen LogP contribution in [0.2, 0.25) is 0 Å². The fourth-order valence-electron chi connectivity index (χ4n) is 8.86. The fourth-order valence-corrected chi connectivity index (χ4v) is 8.86. The third-order valence-corrected chi connectivity index (χ3v) is 12.3. The topological polar surface area (TPSA) is 81.7 Å². The van der Waals surface area contributed by atoms with Crippen molar-refractivity contribution in [3.8, 4) is 34.5 Å². The number of esters is 1. The van der Waals surface area contributed by atoms with E-state index < -0.39 is 11.4 Å². The molecule has 0 saturated carbocycles. The summed E-state index contributed by atoms with van der Waals surface area (Å²) in [6.45, 7) is 6.76. The molecule has 2 aliphatic heterocycles. The Morgan fingerprint density at radius 3 is 1.68 bits per heavy atom. The summed E-state index contributed by atoms with van der Waals surface area (Å²) in [5.41, 5.74) is 2.70. The third-order valence-electron chi connectivity index (χ3n) is 12.3. The molecule has 0 fully saturated rings. The van der Waals surface area contributed by atoms with Gasteiger partial charge in [0.25, 0.3) is 0 Å². The Kier molecular flexibility index (Phi) is 15.7. The molecule has 8 nitrogen and oxygen atoms in total. The van der Waals surface area contributed by atoms with Crippen molar-refractivity contribution in [3.05, 3.63) is 144 Å². The molecule has 0 N–H and O–H groups in total. The highest BCUT2D eigenvalue weighted by atomic mass is 17.2. The molecule has 338 valence electrons. The highest BCUT2D eigenvalue weighted by molar-refractivity contribution is 5.91. The molecule has 0 bridgehead atoms. The van der Waals surface area contributed by atoms with E-state index in [0.29, 0.717) is 23.0 Å². The largest absolute Gasteiger partial charge is 0.494 e. The van der Waals surface area contributed by atoms with E-state index in [4.69, 9.17) is 33.5 Å². The SMILES string of the molecule is CCCCCCCCOc1ccc2cc(C=CC(=O)Oc3cccc4c3C3(COc5cccc(OOC/C=C/c6ccc7cc(OCCCCCCCC)ccc7c6)c53)CO4)ccc2c1. The van der Waals surface area contributed by atoms with Crippen LogP contribution in [-0.2, 0) is 15.1 Å². The molecule has 0 aromatic heterocycles. The van der Waals surface area contributed by atoms with Gasteiger partial charge in [-0.15, -0.1) is 0 Å². The lowest BCUT2D eigenvalue weighted by Crippen LogP contribution is -2.32. The van der Waals surface area contributed by atoms with Crippen LogP contribution in [0.4, 0.5) is 0 Å². The number of hydrogen-bond donors (Lipinski definition) is 0. The number of benzene rings is 6. The van der Waals surface area contributed by atoms with Crippen molar-refractivity contribution >= 4 is 39.7 Å². The second kappa shape index (κ2) is 22.6. The molecule has 2 heterocycles. The molecule has 2 aliphatic rings. The summed E-state index contributed by atoms with van der Waals surface area (Å²) in [5, 5.41) is 4.43. The van der Waals surface area contributed by atoms with Crippen LogP contribution in [0, 0.1) is 0 Å². The lowest BCUT2D eigenvalue weighted by molar-refractivity contribution is -0.196. The van der Waals surface area contributed by atoms with Gasteiger partial charge in [-0.1, -0.05) is 139 Å². The summed E-state index contributed by atoms with van der Waals surface area (Å²) in [6, 6.07) is 36.0. The molecule has 0 amide bonds. The molecule has 6 aromatic carbocycles. The summed E-state index contributed by atoms with van der Waals surface area (Å²) < 4.78 is 30.6. The third kappa shape index (κ3) is 11.5. The average molecular weight is 875 g/mol. The number of fused-ring (bicyclic) bond motifs is 6. The second-order valence-electron chi connectivity index (χ2n) is 17.2. The first-order chi connectivity index (χ1) is 32.0. The first-order valence-corrected chi connectivity index (χ1v) is 23.7. The van der Waals surface area contributed by atoms with Crippen molar-refractivity contribution in [1.82, 2.24) is 0 Å². The Balaban J connectivity index is 0.863. The van der Waals surface area contributed by atoms with E-state index in [-0.39, 0.29) is 19.8 Å². The van der Waals surface area contributed by atoms with Gasteiger partial charge >= 0.3 is 5.97 Å². The van der Waals surface area contributed by atoms with Crippen molar-refractivity contribution in [1.29, 1.82) is 0 Å². The Hall–Kier alpha value is -6.25. The van der Waals surface area contributed by atoms with Crippen LogP contribution in [0.1, 0.15) is 113 Å². The lowest BCUT2D eigenvalue weighted by Gasteiger charge is -2.23. The maximum atomic E-state index is 13.4. The number of carbonyl (C=O) groups excluding carboxylic acids is 1. The van der Waals surface area contributed by atoms with Crippen LogP contribution in [-0.4, -0.2) is 39.0 Å². The second-order valence-corrected chi connectivity index (χ2v) is 17.2. The zero-order valence-electron chi connectivity index (χ0n) is 38.0. The van der Waals surface area contributed by atoms with E-state index in [2.05, 4.69) is 62.4 Å². The molecule has 6 aromatic rings. The van der Waals surface area contributed by atoms with E-state index in [1.165, 1.54) is 70.3 Å². The maximum absolute atomic E-state index is 13.4. The van der Waals surface area contributed by atoms with Crippen LogP contribution < -0.4 is 28.6 Å². The van der Waals surface area contributed by atoms with Gasteiger partial charge in [-0.3, -0.25) is 0 Å². The van der Waals surface area contributed by atoms with E-state index in [1.54, 1.807) is 12.1 Å². The minimum absolute atomic E-state index is 0.217. The maximum Gasteiger partial charge on any atom is 0.336 e. The van der Waals surface area contributed by atoms with Gasteiger partial charge in [-0.05, 0) is 112 Å². The highest BCUT2D eigenvalue weighted by Crippen LogP contribution is 2.56. The van der Waals surface area contributed by atoms with Gasteiger partial charge in [0.1, 0.15) is 54.0 Å². The first-order valence-electron chi connectivity index (χ1n) is 23.7. The summed E-state index contributed by atoms with van der Waals surface area (Å²) in [7, 11) is 0. The fraction of sp³-hybridized carbons (Fsp3) is 0.351. The number of hydrogen-bond acceptors (Lipinski definition) is 8. The number of carbonyl (C=O) groups is 1. The van der Waals surface area contributed by atoms with Gasteiger partial charge in [-0.2, -0.15) is 4.89 Å². The van der Waals surface area contributed by atoms with Gasteiger partial charge in [0.05, 0.1) is 24.3 Å². The van der Waals surface area contributed by atoms with E-state index in [9.17, 15) is 4.79 Å². The molecule has 1 spiro atoms. The predicted molar refractivity (Wildman–Crippen MR) is 261 cm³/mol. The molecular formula is C57H62O8. The first kappa shape index (κ1) is 45.3. The van der Waals surface area contributed by atoms with Gasteiger partial charge in [0.15, 0.2) is 5.75 Å². The zero-order chi connectivity index (χ0) is 44.7. The van der Waals surface area contributed by atoms with Crippen LogP contribution in [0.3, 0.4) is 0 Å². The van der Waals surface area contributed by atoms with Crippen molar-refractivity contribution in [2.45, 2.75) is 96.3 Å². The number of unbranched alkanes of at least 4 members (excludes halogenated alkanes) is 10. The van der Waals surface area contributed by atoms with Gasteiger partial charge in [0.2, 0.25) is 0 Å². The minimum Gasteiger partial charge on any atom is -0.494 e. The summed E-state index contributed by atoms with van der Waals surface area (Å²) >= 11 is 0. The minimum atomic E-state index is -0.777. The van der Waals surface area contributed by atoms with Gasteiger partial charge < -0.3 is 28.6 Å². The van der Waals surface area contributed by atoms with E-state index in [1.807, 2.05) is 66.7 Å². The molecular weight excluding hydrogens is 813 g/mol. The van der Waals surface area contributed by atoms with Gasteiger partial charge in [0, 0.05) is 6.08 Å². The van der Waals surface area contributed by atoms with E-state index in [0.717, 1.165) is 81.4 Å². The van der Waals surface area contributed by atoms with E-state index >= 15 is 0 Å². The molecule has 0 aliphatic carbocycles. The molecule has 0 radical (unpaired) electrons. The Morgan fingerprint density at radius 2 is 1.08 bits per heavy atom. The van der Waals surface area contributed by atoms with Gasteiger partial charge in [-0.25, -0.2) is 4.79 Å². The van der Waals surface area contributed by atoms with Crippen LogP contribution in [0.25, 0.3) is 33.7 Å². The quantitative estimate of drug-likeness (QED) is 0.0149. The van der Waals surface area contributed by atoms with Crippen LogP contribution in [0.15, 0.2) is 121 Å². The molecule has 1 unspecified atom stereocenters. The Bertz CT molecular complexity index is 2590. The Labute approximate surface area is 384 Å². The summed E-state index contributed by atoms with van der Waals surface area (Å²) in [4.78, 5) is 25.2. The molecule has 0 saturated heterocycles. The van der Waals surface area contributed by atoms with Crippen molar-refractivity contribution in [2.24, 2.45) is 0 Å². The molecule has 65 heavy (non-hydrogen) atoms. The average Bonchev–Trinajstić information content (AvgIpc) is 3.91. The number of ether oxygens (including phenoxy) is 5. The zero-order valence-corrected chi connectivity index (χ0v) is 38.0.